The van der Waals surface area contributed by atoms with Crippen LogP contribution in [0.5, 0.6) is 0 Å². The maximum atomic E-state index is 11.2. The summed E-state index contributed by atoms with van der Waals surface area (Å²) in [6, 6.07) is 0. The van der Waals surface area contributed by atoms with Crippen LogP contribution >= 0.6 is 0 Å². The van der Waals surface area contributed by atoms with Crippen LogP contribution in [0.25, 0.3) is 0 Å². The van der Waals surface area contributed by atoms with Gasteiger partial charge in [0.25, 0.3) is 0 Å². The molecule has 1 N–H and O–H groups in total. The van der Waals surface area contributed by atoms with Crippen molar-refractivity contribution in [2.45, 2.75) is 19.1 Å². The number of ether oxygens (including phenoxy) is 1. The van der Waals surface area contributed by atoms with Gasteiger partial charge >= 0.3 is 5.97 Å². The van der Waals surface area contributed by atoms with Crippen molar-refractivity contribution in [3.8, 4) is 0 Å². The molecule has 0 saturated heterocycles. The van der Waals surface area contributed by atoms with Gasteiger partial charge in [0.2, 0.25) is 0 Å². The van der Waals surface area contributed by atoms with Gasteiger partial charge in [-0.25, -0.2) is 4.79 Å². The number of esters is 1. The maximum absolute atomic E-state index is 11.2. The second kappa shape index (κ2) is 2.73. The van der Waals surface area contributed by atoms with E-state index in [1.807, 2.05) is 0 Å². The molecule has 3 heteroatoms. The molecule has 56 valence electrons. The summed E-state index contributed by atoms with van der Waals surface area (Å²) in [5.41, 5.74) is -1.01. The summed E-state index contributed by atoms with van der Waals surface area (Å²) >= 11 is 0. The molecular formula is C7H10O3. The summed E-state index contributed by atoms with van der Waals surface area (Å²) < 4.78 is 48.2. The van der Waals surface area contributed by atoms with E-state index in [0.717, 1.165) is 7.11 Å². The highest BCUT2D eigenvalue weighted by Crippen LogP contribution is 2.24. The van der Waals surface area contributed by atoms with Crippen LogP contribution in [0.1, 0.15) is 27.3 Å². The van der Waals surface area contributed by atoms with Gasteiger partial charge in [-0.3, -0.25) is 0 Å². The minimum Gasteiger partial charge on any atom is -0.512 e. The smallest absolute Gasteiger partial charge is 0.337 e. The lowest BCUT2D eigenvalue weighted by Gasteiger charge is -1.97. The predicted molar refractivity (Wildman–Crippen MR) is 35.5 cm³/mol. The van der Waals surface area contributed by atoms with Crippen molar-refractivity contribution in [1.82, 2.24) is 0 Å². The zero-order valence-electron chi connectivity index (χ0n) is 11.3. The number of hydrogen-bond donors (Lipinski definition) is 1. The maximum Gasteiger partial charge on any atom is 0.337 e. The molecule has 1 aliphatic carbocycles. The van der Waals surface area contributed by atoms with Gasteiger partial charge in [-0.05, 0) is 12.7 Å². The molecule has 1 aliphatic rings. The van der Waals surface area contributed by atoms with Gasteiger partial charge in [0.1, 0.15) is 5.76 Å². The number of methoxy groups -OCH3 is 1. The van der Waals surface area contributed by atoms with Crippen molar-refractivity contribution in [3.05, 3.63) is 11.3 Å². The third kappa shape index (κ3) is 1.12. The minimum absolute atomic E-state index is 0.933. The molecule has 0 aromatic carbocycles. The minimum atomic E-state index is -3.05. The largest absolute Gasteiger partial charge is 0.512 e. The third-order valence-electron chi connectivity index (χ3n) is 0.995. The molecule has 10 heavy (non-hydrogen) atoms. The summed E-state index contributed by atoms with van der Waals surface area (Å²) in [5, 5.41) is 9.41. The fourth-order valence-corrected chi connectivity index (χ4v) is 0.524. The normalized spacial score (nSPS) is 41.7. The quantitative estimate of drug-likeness (QED) is 0.567. The zero-order chi connectivity index (χ0) is 12.9. The Balaban J connectivity index is 3.48. The molecule has 0 amide bonds. The summed E-state index contributed by atoms with van der Waals surface area (Å²) in [5.74, 6) is -2.54. The van der Waals surface area contributed by atoms with E-state index in [9.17, 15) is 9.90 Å². The Morgan fingerprint density at radius 3 is 2.90 bits per heavy atom. The van der Waals surface area contributed by atoms with Crippen molar-refractivity contribution < 1.29 is 22.9 Å². The van der Waals surface area contributed by atoms with E-state index in [2.05, 4.69) is 4.74 Å². The van der Waals surface area contributed by atoms with Gasteiger partial charge in [-0.2, -0.15) is 0 Å². The lowest BCUT2D eigenvalue weighted by Crippen LogP contribution is -2.03. The van der Waals surface area contributed by atoms with E-state index in [4.69, 9.17) is 8.22 Å². The van der Waals surface area contributed by atoms with Crippen molar-refractivity contribution >= 4 is 5.97 Å². The van der Waals surface area contributed by atoms with Gasteiger partial charge in [-0.15, -0.1) is 0 Å². The molecule has 0 saturated carbocycles. The number of allylic oxidation sites excluding steroid dienone is 1. The molecule has 0 aromatic rings. The van der Waals surface area contributed by atoms with Crippen LogP contribution in [0.3, 0.4) is 0 Å². The van der Waals surface area contributed by atoms with Crippen LogP contribution in [-0.2, 0) is 9.53 Å². The first-order valence-corrected chi connectivity index (χ1v) is 2.54. The molecule has 0 fully saturated rings. The highest BCUT2D eigenvalue weighted by Gasteiger charge is 2.20. The lowest BCUT2D eigenvalue weighted by molar-refractivity contribution is -0.136. The SMILES string of the molecule is [2H]C1([2H])C(O)=C(C(=O)OC)C([2H])([2H])C1([2H])[2H]. The number of aliphatic hydroxyl groups is 1. The van der Waals surface area contributed by atoms with Gasteiger partial charge < -0.3 is 9.84 Å². The van der Waals surface area contributed by atoms with E-state index >= 15 is 0 Å². The molecular weight excluding hydrogens is 132 g/mol. The summed E-state index contributed by atoms with van der Waals surface area (Å²) in [6.07, 6.45) is -8.97. The Morgan fingerprint density at radius 2 is 2.50 bits per heavy atom. The monoisotopic (exact) mass is 148 g/mol. The molecule has 0 radical (unpaired) electrons. The van der Waals surface area contributed by atoms with Crippen molar-refractivity contribution in [2.24, 2.45) is 0 Å². The average molecular weight is 148 g/mol. The van der Waals surface area contributed by atoms with Gasteiger partial charge in [-0.1, -0.05) is 0 Å². The molecule has 0 unspecified atom stereocenters. The van der Waals surface area contributed by atoms with Crippen LogP contribution in [-0.4, -0.2) is 18.2 Å². The molecule has 3 nitrogen and oxygen atoms in total. The van der Waals surface area contributed by atoms with Crippen LogP contribution in [0, 0.1) is 0 Å². The molecule has 0 atom stereocenters. The first-order chi connectivity index (χ1) is 7.01. The Labute approximate surface area is 67.7 Å². The average Bonchev–Trinajstić information content (AvgIpc) is 2.23. The summed E-state index contributed by atoms with van der Waals surface area (Å²) in [4.78, 5) is 11.2. The Morgan fingerprint density at radius 1 is 1.80 bits per heavy atom. The molecule has 0 bridgehead atoms. The van der Waals surface area contributed by atoms with Crippen LogP contribution < -0.4 is 0 Å². The van der Waals surface area contributed by atoms with E-state index in [-0.39, 0.29) is 0 Å². The number of hydrogen-bond acceptors (Lipinski definition) is 3. The van der Waals surface area contributed by atoms with Crippen molar-refractivity contribution in [2.75, 3.05) is 7.11 Å². The molecule has 0 spiro atoms. The van der Waals surface area contributed by atoms with Gasteiger partial charge in [0, 0.05) is 14.6 Å². The first-order valence-electron chi connectivity index (χ1n) is 5.54. The summed E-state index contributed by atoms with van der Waals surface area (Å²) in [6.45, 7) is 0. The lowest BCUT2D eigenvalue weighted by atomic mass is 10.2. The molecule has 0 aromatic heterocycles. The van der Waals surface area contributed by atoms with E-state index in [1.165, 1.54) is 0 Å². The van der Waals surface area contributed by atoms with E-state index in [1.54, 1.807) is 0 Å². The Bertz CT molecular complexity index is 372. The van der Waals surface area contributed by atoms with Crippen LogP contribution in [0.15, 0.2) is 11.3 Å². The van der Waals surface area contributed by atoms with Crippen LogP contribution in [0.2, 0.25) is 0 Å². The third-order valence-corrected chi connectivity index (χ3v) is 0.995. The van der Waals surface area contributed by atoms with Gasteiger partial charge in [0.05, 0.1) is 12.7 Å². The zero-order valence-corrected chi connectivity index (χ0v) is 5.26. The predicted octanol–water partition coefficient (Wildman–Crippen LogP) is 1.16. The standard InChI is InChI=1S/C7H10O3/c1-10-7(9)5-3-2-4-6(5)8/h8H,2-4H2,1H3/i2D2,3D2,4D2. The van der Waals surface area contributed by atoms with Crippen molar-refractivity contribution in [3.63, 3.8) is 0 Å². The Kier molecular flexibility index (Phi) is 0.700. The fraction of sp³-hybridized carbons (Fsp3) is 0.571. The highest BCUT2D eigenvalue weighted by atomic mass is 16.5. The molecule has 1 rings (SSSR count). The Hall–Kier alpha value is -0.990. The molecule has 0 heterocycles. The molecule has 0 aliphatic heterocycles. The fourth-order valence-electron chi connectivity index (χ4n) is 0.524. The number of rotatable bonds is 1. The highest BCUT2D eigenvalue weighted by molar-refractivity contribution is 5.89. The first kappa shape index (κ1) is 2.57. The van der Waals surface area contributed by atoms with Crippen molar-refractivity contribution in [1.29, 1.82) is 0 Å². The van der Waals surface area contributed by atoms with E-state index in [0.29, 0.717) is 0 Å². The topological polar surface area (TPSA) is 46.5 Å². The summed E-state index contributed by atoms with van der Waals surface area (Å²) in [7, 11) is 0.933. The number of aliphatic hydroxyl groups excluding tert-OH is 1. The van der Waals surface area contributed by atoms with E-state index < -0.39 is 36.4 Å². The number of carbonyl (C=O) groups is 1. The number of carbonyl (C=O) groups excluding carboxylic acids is 1. The second-order valence-corrected chi connectivity index (χ2v) is 1.59. The van der Waals surface area contributed by atoms with Gasteiger partial charge in [0.15, 0.2) is 0 Å². The second-order valence-electron chi connectivity index (χ2n) is 1.59. The van der Waals surface area contributed by atoms with Crippen LogP contribution in [0.4, 0.5) is 0 Å².